The molecule has 0 radical (unpaired) electrons. The third-order valence-corrected chi connectivity index (χ3v) is 5.24. The monoisotopic (exact) mass is 446 g/mol. The van der Waals surface area contributed by atoms with E-state index in [9.17, 15) is 22.8 Å². The van der Waals surface area contributed by atoms with Crippen molar-refractivity contribution >= 4 is 40.3 Å². The number of amides is 1. The van der Waals surface area contributed by atoms with Crippen LogP contribution in [0.3, 0.4) is 0 Å². The molecule has 0 atom stereocenters. The summed E-state index contributed by atoms with van der Waals surface area (Å²) in [6, 6.07) is 0.809. The first-order valence-corrected chi connectivity index (χ1v) is 9.52. The molecule has 0 aliphatic carbocycles. The van der Waals surface area contributed by atoms with Gasteiger partial charge in [-0.2, -0.15) is 18.3 Å². The fourth-order valence-electron chi connectivity index (χ4n) is 2.41. The maximum atomic E-state index is 12.6. The number of hydrogen-bond acceptors (Lipinski definition) is 6. The summed E-state index contributed by atoms with van der Waals surface area (Å²) in [6.07, 6.45) is -1.15. The van der Waals surface area contributed by atoms with Gasteiger partial charge in [0.1, 0.15) is 23.3 Å². The zero-order chi connectivity index (χ0) is 21.2. The minimum Gasteiger partial charge on any atom is -0.354 e. The largest absolute Gasteiger partial charge is 0.417 e. The summed E-state index contributed by atoms with van der Waals surface area (Å²) in [4.78, 5) is 32.2. The van der Waals surface area contributed by atoms with Gasteiger partial charge in [0.15, 0.2) is 5.65 Å². The number of rotatable bonds is 6. The topological polar surface area (TPSA) is 94.7 Å². The van der Waals surface area contributed by atoms with Gasteiger partial charge < -0.3 is 5.32 Å². The number of alkyl halides is 3. The average Bonchev–Trinajstić information content (AvgIpc) is 3.03. The lowest BCUT2D eigenvalue weighted by Crippen LogP contribution is -2.33. The lowest BCUT2D eigenvalue weighted by atomic mass is 10.3. The lowest BCUT2D eigenvalue weighted by molar-refractivity contribution is -0.137. The Morgan fingerprint density at radius 3 is 2.76 bits per heavy atom. The van der Waals surface area contributed by atoms with Crippen molar-refractivity contribution in [2.45, 2.75) is 17.7 Å². The molecule has 3 heterocycles. The molecule has 3 aromatic heterocycles. The third kappa shape index (κ3) is 4.88. The van der Waals surface area contributed by atoms with Gasteiger partial charge in [-0.3, -0.25) is 18.8 Å². The molecule has 3 aromatic rings. The molecule has 0 aliphatic rings. The summed E-state index contributed by atoms with van der Waals surface area (Å²) >= 11 is 6.93. The third-order valence-electron chi connectivity index (χ3n) is 3.83. The smallest absolute Gasteiger partial charge is 0.354 e. The predicted molar refractivity (Wildman–Crippen MR) is 101 cm³/mol. The Kier molecular flexibility index (Phi) is 6.13. The molecule has 0 saturated heterocycles. The summed E-state index contributed by atoms with van der Waals surface area (Å²) in [6.45, 7) is -0.0134. The first kappa shape index (κ1) is 21.1. The number of aromatic nitrogens is 5. The fraction of sp³-hybridized carbons (Fsp3) is 0.312. The van der Waals surface area contributed by atoms with E-state index in [0.29, 0.717) is 23.0 Å². The van der Waals surface area contributed by atoms with Crippen LogP contribution in [-0.2, 0) is 24.6 Å². The molecule has 0 saturated carbocycles. The van der Waals surface area contributed by atoms with Crippen molar-refractivity contribution in [2.24, 2.45) is 7.05 Å². The highest BCUT2D eigenvalue weighted by atomic mass is 35.5. The number of pyridine rings is 1. The van der Waals surface area contributed by atoms with Crippen LogP contribution in [0, 0.1) is 0 Å². The van der Waals surface area contributed by atoms with Crippen LogP contribution < -0.4 is 10.9 Å². The van der Waals surface area contributed by atoms with Gasteiger partial charge in [0.25, 0.3) is 5.56 Å². The van der Waals surface area contributed by atoms with Crippen LogP contribution in [-0.4, -0.2) is 42.5 Å². The lowest BCUT2D eigenvalue weighted by Gasteiger charge is -2.09. The number of aryl methyl sites for hydroxylation is 1. The molecule has 29 heavy (non-hydrogen) atoms. The molecular formula is C16H14ClF3N6O2S. The second-order valence-corrected chi connectivity index (χ2v) is 7.38. The Morgan fingerprint density at radius 2 is 2.07 bits per heavy atom. The van der Waals surface area contributed by atoms with Crippen LogP contribution >= 0.6 is 23.4 Å². The minimum absolute atomic E-state index is 0.112. The Hall–Kier alpha value is -2.60. The highest BCUT2D eigenvalue weighted by molar-refractivity contribution is 7.99. The van der Waals surface area contributed by atoms with Gasteiger partial charge in [0.05, 0.1) is 16.8 Å². The number of fused-ring (bicyclic) bond motifs is 1. The van der Waals surface area contributed by atoms with Crippen LogP contribution in [0.15, 0.2) is 34.6 Å². The van der Waals surface area contributed by atoms with Gasteiger partial charge in [-0.15, -0.1) is 11.8 Å². The Morgan fingerprint density at radius 1 is 1.31 bits per heavy atom. The molecule has 1 N–H and O–H groups in total. The standard InChI is InChI=1S/C16H14ClF3N6O2S/c1-25-13-10(6-24-25)15(28)26(8-23-13)7-12(27)21-2-3-29-14-11(17)4-9(5-22-14)16(18,19)20/h4-6,8H,2-3,7H2,1H3,(H,21,27). The van der Waals surface area contributed by atoms with Crippen molar-refractivity contribution in [2.75, 3.05) is 12.3 Å². The SMILES string of the molecule is Cn1ncc2c(=O)n(CC(=O)NCCSc3ncc(C(F)(F)F)cc3Cl)cnc21. The van der Waals surface area contributed by atoms with E-state index in [-0.39, 0.29) is 28.7 Å². The number of carbonyl (C=O) groups is 1. The van der Waals surface area contributed by atoms with Crippen LogP contribution in [0.5, 0.6) is 0 Å². The van der Waals surface area contributed by atoms with Crippen LogP contribution in [0.1, 0.15) is 5.56 Å². The molecular weight excluding hydrogens is 433 g/mol. The van der Waals surface area contributed by atoms with Gasteiger partial charge in [-0.25, -0.2) is 9.97 Å². The zero-order valence-corrected chi connectivity index (χ0v) is 16.5. The Bertz CT molecular complexity index is 1110. The van der Waals surface area contributed by atoms with E-state index >= 15 is 0 Å². The van der Waals surface area contributed by atoms with Crippen molar-refractivity contribution in [3.63, 3.8) is 0 Å². The molecule has 0 spiro atoms. The maximum Gasteiger partial charge on any atom is 0.417 e. The maximum absolute atomic E-state index is 12.6. The van der Waals surface area contributed by atoms with E-state index in [1.54, 1.807) is 7.05 Å². The number of thioether (sulfide) groups is 1. The molecule has 0 bridgehead atoms. The molecule has 0 fully saturated rings. The van der Waals surface area contributed by atoms with Crippen molar-refractivity contribution < 1.29 is 18.0 Å². The Labute approximate surface area is 171 Å². The van der Waals surface area contributed by atoms with Crippen LogP contribution in [0.25, 0.3) is 11.0 Å². The van der Waals surface area contributed by atoms with Gasteiger partial charge >= 0.3 is 6.18 Å². The molecule has 0 aromatic carbocycles. The van der Waals surface area contributed by atoms with Gasteiger partial charge in [0, 0.05) is 25.5 Å². The van der Waals surface area contributed by atoms with E-state index < -0.39 is 17.6 Å². The molecule has 0 aliphatic heterocycles. The number of nitrogens with one attached hydrogen (secondary N) is 1. The van der Waals surface area contributed by atoms with Crippen LogP contribution in [0.4, 0.5) is 13.2 Å². The summed E-state index contributed by atoms with van der Waals surface area (Å²) in [7, 11) is 1.65. The quantitative estimate of drug-likeness (QED) is 0.460. The summed E-state index contributed by atoms with van der Waals surface area (Å²) in [5.74, 6) is -0.0808. The second-order valence-electron chi connectivity index (χ2n) is 5.89. The number of carbonyl (C=O) groups excluding carboxylic acids is 1. The number of hydrogen-bond donors (Lipinski definition) is 1. The number of nitrogens with zero attached hydrogens (tertiary/aromatic N) is 5. The fourth-order valence-corrected chi connectivity index (χ4v) is 3.47. The summed E-state index contributed by atoms with van der Waals surface area (Å²) in [5, 5.41) is 7.00. The molecule has 8 nitrogen and oxygen atoms in total. The van der Waals surface area contributed by atoms with Crippen molar-refractivity contribution in [3.05, 3.63) is 45.7 Å². The first-order chi connectivity index (χ1) is 13.7. The van der Waals surface area contributed by atoms with E-state index in [1.165, 1.54) is 21.8 Å². The van der Waals surface area contributed by atoms with Gasteiger partial charge in [-0.1, -0.05) is 11.6 Å². The second kappa shape index (κ2) is 8.41. The molecule has 13 heteroatoms. The van der Waals surface area contributed by atoms with Crippen molar-refractivity contribution in [1.82, 2.24) is 29.6 Å². The molecule has 154 valence electrons. The normalized spacial score (nSPS) is 11.8. The van der Waals surface area contributed by atoms with E-state index in [0.717, 1.165) is 17.8 Å². The predicted octanol–water partition coefficient (Wildman–Crippen LogP) is 2.11. The van der Waals surface area contributed by atoms with Crippen molar-refractivity contribution in [1.29, 1.82) is 0 Å². The van der Waals surface area contributed by atoms with Crippen molar-refractivity contribution in [3.8, 4) is 0 Å². The first-order valence-electron chi connectivity index (χ1n) is 8.16. The van der Waals surface area contributed by atoms with E-state index in [1.807, 2.05) is 0 Å². The van der Waals surface area contributed by atoms with Gasteiger partial charge in [-0.05, 0) is 6.07 Å². The van der Waals surface area contributed by atoms with E-state index in [4.69, 9.17) is 11.6 Å². The highest BCUT2D eigenvalue weighted by Gasteiger charge is 2.31. The van der Waals surface area contributed by atoms with Gasteiger partial charge in [0.2, 0.25) is 5.91 Å². The Balaban J connectivity index is 1.52. The molecule has 1 amide bonds. The van der Waals surface area contributed by atoms with E-state index in [2.05, 4.69) is 20.4 Å². The summed E-state index contributed by atoms with van der Waals surface area (Å²) in [5.41, 5.74) is -0.887. The highest BCUT2D eigenvalue weighted by Crippen LogP contribution is 2.33. The zero-order valence-electron chi connectivity index (χ0n) is 14.9. The average molecular weight is 447 g/mol. The molecule has 3 rings (SSSR count). The summed E-state index contributed by atoms with van der Waals surface area (Å²) < 4.78 is 40.4. The number of halogens is 4. The minimum atomic E-state index is -4.51. The molecule has 0 unspecified atom stereocenters. The van der Waals surface area contributed by atoms with Crippen LogP contribution in [0.2, 0.25) is 5.02 Å².